The molecule has 2 amide bonds. The lowest BCUT2D eigenvalue weighted by Crippen LogP contribution is -2.33. The summed E-state index contributed by atoms with van der Waals surface area (Å²) in [5.74, 6) is 0.844. The second-order valence-electron chi connectivity index (χ2n) is 33.1. The number of fused-ring (bicyclic) bond motifs is 2. The minimum Gasteiger partial charge on any atom is -0.379 e. The van der Waals surface area contributed by atoms with Gasteiger partial charge in [-0.25, -0.2) is 9.97 Å². The lowest BCUT2D eigenvalue weighted by Gasteiger charge is -2.25. The Bertz CT molecular complexity index is 3490. The van der Waals surface area contributed by atoms with Gasteiger partial charge in [0.25, 0.3) is 11.8 Å². The van der Waals surface area contributed by atoms with Crippen LogP contribution in [0.3, 0.4) is 0 Å². The highest BCUT2D eigenvalue weighted by molar-refractivity contribution is 7.32. The maximum Gasteiger partial charge on any atom is 0.261 e. The number of nitrogens with zero attached hydrogens (tertiary/aromatic N) is 4. The van der Waals surface area contributed by atoms with Crippen molar-refractivity contribution in [1.82, 2.24) is 19.8 Å². The van der Waals surface area contributed by atoms with Crippen molar-refractivity contribution in [2.24, 2.45) is 11.8 Å². The van der Waals surface area contributed by atoms with Gasteiger partial charge in [0.1, 0.15) is 10.0 Å². The summed E-state index contributed by atoms with van der Waals surface area (Å²) in [6, 6.07) is 13.6. The predicted octanol–water partition coefficient (Wildman–Crippen LogP) is 32.2. The lowest BCUT2D eigenvalue weighted by molar-refractivity contribution is -0.124. The van der Waals surface area contributed by atoms with Gasteiger partial charge < -0.3 is 19.3 Å². The monoisotopic (exact) mass is 1620 g/mol. The second kappa shape index (κ2) is 55.3. The van der Waals surface area contributed by atoms with E-state index in [0.29, 0.717) is 55.9 Å². The number of hydrogen-bond acceptors (Lipinski definition) is 12. The Balaban J connectivity index is 1.06. The first-order chi connectivity index (χ1) is 54.1. The van der Waals surface area contributed by atoms with Crippen LogP contribution in [0.25, 0.3) is 50.6 Å². The fourth-order valence-electron chi connectivity index (χ4n) is 16.8. The maximum atomic E-state index is 15.9. The Morgan fingerprint density at radius 2 is 0.645 bits per heavy atom. The van der Waals surface area contributed by atoms with Crippen LogP contribution in [0.4, 0.5) is 0 Å². The van der Waals surface area contributed by atoms with Crippen molar-refractivity contribution >= 4 is 101 Å². The van der Waals surface area contributed by atoms with Gasteiger partial charge in [-0.15, -0.1) is 45.3 Å². The Labute approximate surface area is 695 Å². The van der Waals surface area contributed by atoms with E-state index in [1.807, 2.05) is 32.5 Å². The molecule has 0 saturated heterocycles. The summed E-state index contributed by atoms with van der Waals surface area (Å²) in [4.78, 5) is 58.1. The maximum absolute atomic E-state index is 15.9. The summed E-state index contributed by atoms with van der Waals surface area (Å²) in [5.41, 5.74) is 5.41. The van der Waals surface area contributed by atoms with E-state index in [2.05, 4.69) is 91.8 Å². The zero-order valence-corrected chi connectivity index (χ0v) is 75.8. The van der Waals surface area contributed by atoms with Gasteiger partial charge in [-0.2, -0.15) is 0 Å². The van der Waals surface area contributed by atoms with E-state index in [-0.39, 0.29) is 11.8 Å². The summed E-state index contributed by atoms with van der Waals surface area (Å²) < 4.78 is 13.6. The highest BCUT2D eigenvalue weighted by Gasteiger charge is 2.49. The van der Waals surface area contributed by atoms with Crippen molar-refractivity contribution < 1.29 is 19.1 Å². The molecule has 2 unspecified atom stereocenters. The van der Waals surface area contributed by atoms with Crippen molar-refractivity contribution in [1.29, 1.82) is 0 Å². The van der Waals surface area contributed by atoms with Crippen LogP contribution in [-0.4, -0.2) is 71.1 Å². The molecule has 2 aliphatic rings. The van der Waals surface area contributed by atoms with E-state index < -0.39 is 0 Å². The fraction of sp³-hybridized carbons (Fsp3) is 0.729. The van der Waals surface area contributed by atoms with Crippen molar-refractivity contribution in [3.63, 3.8) is 0 Å². The number of amides is 2. The first kappa shape index (κ1) is 92.2. The normalized spacial score (nSPS) is 13.9. The van der Waals surface area contributed by atoms with Gasteiger partial charge in [-0.05, 0) is 125 Å². The van der Waals surface area contributed by atoms with Gasteiger partial charge in [-0.3, -0.25) is 9.59 Å². The van der Waals surface area contributed by atoms with Crippen LogP contribution in [0, 0.1) is 25.7 Å². The van der Waals surface area contributed by atoms with Crippen molar-refractivity contribution in [2.75, 3.05) is 39.5 Å². The summed E-state index contributed by atoms with van der Waals surface area (Å²) >= 11 is 10.7. The molecule has 0 aliphatic carbocycles. The number of hydrogen-bond donors (Lipinski definition) is 0. The number of unbranched alkanes of at least 4 members (excludes halogenated alkanes) is 42. The van der Waals surface area contributed by atoms with Gasteiger partial charge in [0.05, 0.1) is 55.3 Å². The second-order valence-corrected chi connectivity index (χ2v) is 39.8. The quantitative estimate of drug-likeness (QED) is 0.0354. The molecule has 0 saturated carbocycles. The molecule has 2 atom stereocenters. The average Bonchev–Trinajstić information content (AvgIpc) is 1.55. The molecule has 0 spiro atoms. The average molecular weight is 1620 g/mol. The van der Waals surface area contributed by atoms with Crippen LogP contribution in [0.15, 0.2) is 47.5 Å². The number of aryl methyl sites for hydroxylation is 4. The molecule has 0 bridgehead atoms. The molecular weight excluding hydrogens is 1470 g/mol. The molecule has 14 heteroatoms. The summed E-state index contributed by atoms with van der Waals surface area (Å²) in [6.07, 6.45) is 70.3. The zero-order valence-electron chi connectivity index (χ0n) is 70.9. The number of thiophene rings is 4. The fourth-order valence-corrected chi connectivity index (χ4v) is 23.4. The van der Waals surface area contributed by atoms with Crippen LogP contribution in [0.5, 0.6) is 0 Å². The lowest BCUT2D eigenvalue weighted by atomic mass is 9.94. The molecule has 8 nitrogen and oxygen atoms in total. The van der Waals surface area contributed by atoms with Gasteiger partial charge in [0.15, 0.2) is 9.66 Å². The third-order valence-corrected chi connectivity index (χ3v) is 30.3. The molecule has 0 radical (unpaired) electrons. The molecule has 2 aliphatic heterocycles. The van der Waals surface area contributed by atoms with Crippen LogP contribution >= 0.6 is 68.0 Å². The van der Waals surface area contributed by atoms with E-state index in [1.165, 1.54) is 358 Å². The van der Waals surface area contributed by atoms with Crippen LogP contribution < -0.4 is 0 Å². The van der Waals surface area contributed by atoms with Crippen molar-refractivity contribution in [2.45, 2.75) is 402 Å². The van der Waals surface area contributed by atoms with Crippen LogP contribution in [0.2, 0.25) is 0 Å². The van der Waals surface area contributed by atoms with E-state index in [1.54, 1.807) is 45.3 Å². The predicted molar refractivity (Wildman–Crippen MR) is 486 cm³/mol. The van der Waals surface area contributed by atoms with E-state index >= 15 is 9.59 Å². The first-order valence-corrected chi connectivity index (χ1v) is 51.0. The largest absolute Gasteiger partial charge is 0.379 e. The van der Waals surface area contributed by atoms with Gasteiger partial charge in [0, 0.05) is 45.8 Å². The third kappa shape index (κ3) is 31.6. The SMILES string of the molecule is CCCCCCCCCCCCc1cc(C)sc1-c1nc2sc(-c3sc(-c4ccc(C5=C6C(=O)N(CCOCC(CCCCCCCC)CCCCCCCCCC)C(c7ccc(C)s7)=C6C(=O)N5CCOCC(CCCCCCCC)CCCCCCCCCC)s4)cc3CCCCCCCCCCCC)nc2s1. The molecular formula is C96H152N4O4S6. The Hall–Kier alpha value is -3.34. The summed E-state index contributed by atoms with van der Waals surface area (Å²) in [7, 11) is 0. The Morgan fingerprint density at radius 3 is 1.01 bits per heavy atom. The van der Waals surface area contributed by atoms with Gasteiger partial charge in [0.2, 0.25) is 0 Å². The summed E-state index contributed by atoms with van der Waals surface area (Å²) in [5, 5.41) is 2.19. The number of ether oxygens (including phenoxy) is 2. The molecule has 0 N–H and O–H groups in total. The molecule has 8 rings (SSSR count). The highest BCUT2D eigenvalue weighted by Crippen LogP contribution is 2.51. The highest BCUT2D eigenvalue weighted by atomic mass is 32.1. The summed E-state index contributed by atoms with van der Waals surface area (Å²) in [6.45, 7) is 21.3. The smallest absolute Gasteiger partial charge is 0.261 e. The number of thiazole rings is 2. The minimum atomic E-state index is -0.0875. The number of aromatic nitrogens is 2. The van der Waals surface area contributed by atoms with E-state index in [4.69, 9.17) is 19.4 Å². The van der Waals surface area contributed by atoms with Gasteiger partial charge in [-0.1, -0.05) is 360 Å². The third-order valence-electron chi connectivity index (χ3n) is 23.4. The van der Waals surface area contributed by atoms with E-state index in [9.17, 15) is 0 Å². The zero-order chi connectivity index (χ0) is 77.6. The standard InChI is InChI=1S/C96H152N4O4S6/c1-9-15-21-27-33-37-39-43-49-55-61-79-71-76(8)106-89(79)91-97-93-94(109-91)98-92(110-93)90-80(62-56-50-44-40-38-34-28-22-16-10-2)72-84(108-90)81-65-66-83(107-81)88-86-85(95(101)100(88)68-70-104-74-78(58-52-46-32-26-20-14-6)60-54-48-42-36-30-24-18-12-4)87(82-64-63-75(7)105-82)99(96(86)102)67-69-103-73-77(57-51-45-31-25-19-13-5)59-53-47-41-35-29-23-17-11-3/h63-66,71-72,77-78H,9-62,67-70,73-74H2,1-8H3. The Morgan fingerprint density at radius 1 is 0.327 bits per heavy atom. The van der Waals surface area contributed by atoms with E-state index in [0.717, 1.165) is 76.4 Å². The van der Waals surface area contributed by atoms with Crippen molar-refractivity contribution in [3.05, 3.63) is 78.2 Å². The number of carbonyl (C=O) groups is 2. The minimum absolute atomic E-state index is 0.0875. The first-order valence-electron chi connectivity index (χ1n) is 46.1. The molecule has 6 aromatic rings. The molecule has 8 heterocycles. The number of carbonyl (C=O) groups excluding carboxylic acids is 2. The van der Waals surface area contributed by atoms with Gasteiger partial charge >= 0.3 is 0 Å². The molecule has 110 heavy (non-hydrogen) atoms. The van der Waals surface area contributed by atoms with Crippen molar-refractivity contribution in [3.8, 4) is 29.5 Å². The van der Waals surface area contributed by atoms with Crippen LogP contribution in [-0.2, 0) is 31.9 Å². The topological polar surface area (TPSA) is 84.9 Å². The number of rotatable bonds is 69. The Kier molecular flexibility index (Phi) is 46.3. The molecule has 6 aromatic heterocycles. The molecule has 616 valence electrons. The van der Waals surface area contributed by atoms with Crippen LogP contribution in [0.1, 0.15) is 406 Å². The molecule has 0 aromatic carbocycles. The molecule has 0 fully saturated rings.